The van der Waals surface area contributed by atoms with Gasteiger partial charge in [0.15, 0.2) is 0 Å². The molecule has 3 heterocycles. The summed E-state index contributed by atoms with van der Waals surface area (Å²) in [4.78, 5) is 25.9. The van der Waals surface area contributed by atoms with Gasteiger partial charge < -0.3 is 20.2 Å². The van der Waals surface area contributed by atoms with E-state index in [-0.39, 0.29) is 30.5 Å². The summed E-state index contributed by atoms with van der Waals surface area (Å²) in [6.45, 7) is 9.07. The third-order valence-corrected chi connectivity index (χ3v) is 6.33. The van der Waals surface area contributed by atoms with Crippen molar-refractivity contribution >= 4 is 17.5 Å². The summed E-state index contributed by atoms with van der Waals surface area (Å²) in [6, 6.07) is 2.39. The molecule has 2 unspecified atom stereocenters. The van der Waals surface area contributed by atoms with E-state index in [4.69, 9.17) is 0 Å². The minimum atomic E-state index is 0.0830. The molecule has 1 aromatic heterocycles. The van der Waals surface area contributed by atoms with Gasteiger partial charge in [0.25, 0.3) is 0 Å². The molecule has 2 saturated heterocycles. The zero-order chi connectivity index (χ0) is 20.1. The smallest absolute Gasteiger partial charge is 0.223 e. The number of amides is 1. The number of aliphatic hydroxyl groups excluding tert-OH is 1. The second kappa shape index (κ2) is 9.54. The van der Waals surface area contributed by atoms with E-state index in [0.717, 1.165) is 63.4 Å². The van der Waals surface area contributed by atoms with Gasteiger partial charge in [0.05, 0.1) is 12.6 Å². The lowest BCUT2D eigenvalue weighted by Gasteiger charge is -2.36. The quantitative estimate of drug-likeness (QED) is 0.776. The van der Waals surface area contributed by atoms with E-state index < -0.39 is 0 Å². The minimum absolute atomic E-state index is 0.0830. The molecular weight excluding hydrogens is 354 g/mol. The number of carbonyl (C=O) groups excluding carboxylic acids is 1. The van der Waals surface area contributed by atoms with E-state index in [2.05, 4.69) is 45.9 Å². The summed E-state index contributed by atoms with van der Waals surface area (Å²) in [5.41, 5.74) is 0. The van der Waals surface area contributed by atoms with E-state index in [1.165, 1.54) is 0 Å². The van der Waals surface area contributed by atoms with Crippen molar-refractivity contribution in [2.24, 2.45) is 11.8 Å². The molecule has 1 aromatic rings. The van der Waals surface area contributed by atoms with Crippen LogP contribution >= 0.6 is 0 Å². The summed E-state index contributed by atoms with van der Waals surface area (Å²) >= 11 is 0. The summed E-state index contributed by atoms with van der Waals surface area (Å²) < 4.78 is 0. The molecule has 1 amide bonds. The summed E-state index contributed by atoms with van der Waals surface area (Å²) in [5, 5.41) is 12.8. The van der Waals surface area contributed by atoms with Crippen LogP contribution in [-0.4, -0.2) is 59.3 Å². The van der Waals surface area contributed by atoms with Crippen molar-refractivity contribution < 1.29 is 9.90 Å². The number of aliphatic hydroxyl groups is 1. The molecular formula is C21H35N5O2. The molecule has 7 nitrogen and oxygen atoms in total. The van der Waals surface area contributed by atoms with Crippen LogP contribution in [0.25, 0.3) is 0 Å². The number of hydrogen-bond acceptors (Lipinski definition) is 6. The lowest BCUT2D eigenvalue weighted by molar-refractivity contribution is -0.126. The van der Waals surface area contributed by atoms with Gasteiger partial charge in [-0.15, -0.1) is 0 Å². The van der Waals surface area contributed by atoms with Gasteiger partial charge in [0, 0.05) is 37.7 Å². The molecule has 0 aromatic carbocycles. The van der Waals surface area contributed by atoms with Crippen molar-refractivity contribution in [3.8, 4) is 0 Å². The Morgan fingerprint density at radius 3 is 2.54 bits per heavy atom. The number of anilines is 2. The van der Waals surface area contributed by atoms with Gasteiger partial charge in [0.1, 0.15) is 18.0 Å². The average Bonchev–Trinajstić information content (AvgIpc) is 2.73. The van der Waals surface area contributed by atoms with Gasteiger partial charge in [-0.25, -0.2) is 9.97 Å². The highest BCUT2D eigenvalue weighted by atomic mass is 16.3. The Morgan fingerprint density at radius 1 is 1.14 bits per heavy atom. The molecule has 2 aliphatic heterocycles. The van der Waals surface area contributed by atoms with E-state index in [0.29, 0.717) is 5.92 Å². The number of aromatic nitrogens is 2. The maximum atomic E-state index is 12.5. The number of nitrogens with one attached hydrogen (secondary N) is 1. The highest BCUT2D eigenvalue weighted by Gasteiger charge is 2.28. The predicted molar refractivity (Wildman–Crippen MR) is 111 cm³/mol. The molecule has 156 valence electrons. The highest BCUT2D eigenvalue weighted by molar-refractivity contribution is 5.79. The van der Waals surface area contributed by atoms with E-state index in [1.807, 2.05) is 6.07 Å². The van der Waals surface area contributed by atoms with Crippen LogP contribution in [0.15, 0.2) is 12.4 Å². The Bertz CT molecular complexity index is 645. The second-order valence-corrected chi connectivity index (χ2v) is 8.56. The molecule has 2 aliphatic rings. The van der Waals surface area contributed by atoms with Crippen molar-refractivity contribution in [3.63, 3.8) is 0 Å². The van der Waals surface area contributed by atoms with Gasteiger partial charge in [0.2, 0.25) is 5.91 Å². The topological polar surface area (TPSA) is 81.6 Å². The normalized spacial score (nSPS) is 22.4. The first-order valence-corrected chi connectivity index (χ1v) is 10.7. The molecule has 28 heavy (non-hydrogen) atoms. The monoisotopic (exact) mass is 389 g/mol. The number of hydrogen-bond donors (Lipinski definition) is 2. The fourth-order valence-corrected chi connectivity index (χ4v) is 4.04. The third kappa shape index (κ3) is 4.93. The Balaban J connectivity index is 1.59. The van der Waals surface area contributed by atoms with Crippen molar-refractivity contribution in [2.45, 2.75) is 65.0 Å². The van der Waals surface area contributed by atoms with E-state index in [9.17, 15) is 9.90 Å². The molecule has 0 saturated carbocycles. The maximum Gasteiger partial charge on any atom is 0.223 e. The second-order valence-electron chi connectivity index (χ2n) is 8.56. The standard InChI is InChI=1S/C21H35N5O2/c1-15(2)16(3)24-21(28)17-7-10-25(11-8-17)19-12-20(23-14-22-19)26-9-5-4-6-18(26)13-27/h12,14-18,27H,4-11,13H2,1-3H3,(H,24,28). The minimum Gasteiger partial charge on any atom is -0.394 e. The van der Waals surface area contributed by atoms with Crippen LogP contribution in [0.2, 0.25) is 0 Å². The lowest BCUT2D eigenvalue weighted by Crippen LogP contribution is -2.45. The Labute approximate surface area is 168 Å². The molecule has 2 N–H and O–H groups in total. The Morgan fingerprint density at radius 2 is 1.86 bits per heavy atom. The first-order valence-electron chi connectivity index (χ1n) is 10.7. The number of rotatable bonds is 6. The van der Waals surface area contributed by atoms with Gasteiger partial charge in [-0.05, 0) is 44.9 Å². The molecule has 0 bridgehead atoms. The Hall–Kier alpha value is -1.89. The van der Waals surface area contributed by atoms with Crippen LogP contribution in [0.1, 0.15) is 52.9 Å². The largest absolute Gasteiger partial charge is 0.394 e. The third-order valence-electron chi connectivity index (χ3n) is 6.33. The summed E-state index contributed by atoms with van der Waals surface area (Å²) in [7, 11) is 0. The molecule has 7 heteroatoms. The molecule has 0 spiro atoms. The highest BCUT2D eigenvalue weighted by Crippen LogP contribution is 2.27. The zero-order valence-corrected chi connectivity index (χ0v) is 17.5. The maximum absolute atomic E-state index is 12.5. The van der Waals surface area contributed by atoms with Crippen LogP contribution in [0.3, 0.4) is 0 Å². The van der Waals surface area contributed by atoms with Crippen LogP contribution in [0.5, 0.6) is 0 Å². The van der Waals surface area contributed by atoms with Gasteiger partial charge >= 0.3 is 0 Å². The van der Waals surface area contributed by atoms with Crippen molar-refractivity contribution in [1.29, 1.82) is 0 Å². The molecule has 2 fully saturated rings. The van der Waals surface area contributed by atoms with Crippen LogP contribution in [0.4, 0.5) is 11.6 Å². The summed E-state index contributed by atoms with van der Waals surface area (Å²) in [5.74, 6) is 2.53. The van der Waals surface area contributed by atoms with Crippen molar-refractivity contribution in [2.75, 3.05) is 36.0 Å². The molecule has 0 aliphatic carbocycles. The number of piperidine rings is 2. The van der Waals surface area contributed by atoms with Crippen LogP contribution in [-0.2, 0) is 4.79 Å². The lowest BCUT2D eigenvalue weighted by atomic mass is 9.95. The van der Waals surface area contributed by atoms with E-state index >= 15 is 0 Å². The zero-order valence-electron chi connectivity index (χ0n) is 17.5. The average molecular weight is 390 g/mol. The van der Waals surface area contributed by atoms with E-state index in [1.54, 1.807) is 6.33 Å². The van der Waals surface area contributed by atoms with Gasteiger partial charge in [-0.3, -0.25) is 4.79 Å². The number of nitrogens with zero attached hydrogens (tertiary/aromatic N) is 4. The molecule has 0 radical (unpaired) electrons. The molecule has 3 rings (SSSR count). The van der Waals surface area contributed by atoms with Crippen molar-refractivity contribution in [3.05, 3.63) is 12.4 Å². The fourth-order valence-electron chi connectivity index (χ4n) is 4.04. The Kier molecular flexibility index (Phi) is 7.10. The summed E-state index contributed by atoms with van der Waals surface area (Å²) in [6.07, 6.45) is 6.61. The first kappa shape index (κ1) is 20.8. The predicted octanol–water partition coefficient (Wildman–Crippen LogP) is 2.20. The first-order chi connectivity index (χ1) is 13.5. The van der Waals surface area contributed by atoms with Crippen LogP contribution in [0, 0.1) is 11.8 Å². The molecule has 2 atom stereocenters. The van der Waals surface area contributed by atoms with Crippen LogP contribution < -0.4 is 15.1 Å². The number of carbonyl (C=O) groups is 1. The SMILES string of the molecule is CC(C)C(C)NC(=O)C1CCN(c2cc(N3CCCCC3CO)ncn2)CC1. The van der Waals surface area contributed by atoms with Gasteiger partial charge in [-0.2, -0.15) is 0 Å². The van der Waals surface area contributed by atoms with Gasteiger partial charge in [-0.1, -0.05) is 13.8 Å². The fraction of sp³-hybridized carbons (Fsp3) is 0.762. The van der Waals surface area contributed by atoms with Crippen molar-refractivity contribution in [1.82, 2.24) is 15.3 Å².